The monoisotopic (exact) mass is 343 g/mol. The van der Waals surface area contributed by atoms with Crippen LogP contribution in [-0.2, 0) is 5.41 Å². The Kier molecular flexibility index (Phi) is 4.34. The Balaban J connectivity index is 2.37. The fourth-order valence-corrected chi connectivity index (χ4v) is 6.22. The van der Waals surface area contributed by atoms with Gasteiger partial charge in [-0.2, -0.15) is 0 Å². The summed E-state index contributed by atoms with van der Waals surface area (Å²) in [7, 11) is 0. The van der Waals surface area contributed by atoms with Gasteiger partial charge in [0.15, 0.2) is 0 Å². The van der Waals surface area contributed by atoms with Crippen LogP contribution in [0.2, 0.25) is 17.3 Å². The first-order chi connectivity index (χ1) is 9.59. The minimum absolute atomic E-state index is 0.200. The maximum absolute atomic E-state index is 4.71. The van der Waals surface area contributed by atoms with Crippen molar-refractivity contribution in [2.75, 3.05) is 0 Å². The van der Waals surface area contributed by atoms with Crippen molar-refractivity contribution < 1.29 is 0 Å². The van der Waals surface area contributed by atoms with Gasteiger partial charge in [0.25, 0.3) is 0 Å². The number of hydrogen-bond acceptors (Lipinski definition) is 1. The van der Waals surface area contributed by atoms with Crippen molar-refractivity contribution in [3.63, 3.8) is 0 Å². The molecule has 1 nitrogen and oxygen atoms in total. The molecule has 0 amide bonds. The van der Waals surface area contributed by atoms with Crippen molar-refractivity contribution >= 4 is 17.7 Å². The van der Waals surface area contributed by atoms with E-state index in [-0.39, 0.29) is 5.41 Å². The van der Waals surface area contributed by atoms with Crippen LogP contribution in [0.25, 0.3) is 11.3 Å². The third-order valence-electron chi connectivity index (χ3n) is 3.97. The minimum atomic E-state index is -1.80. The van der Waals surface area contributed by atoms with Crippen LogP contribution >= 0.6 is 0 Å². The standard InChI is InChI=1S/C19H27GeN/c1-14-12-18(21-13-17(14)20(5,6)7)15-8-10-16(11-9-15)19(2,3)4/h8-13H,1-7H3. The number of rotatable bonds is 2. The van der Waals surface area contributed by atoms with Crippen LogP contribution in [0.3, 0.4) is 0 Å². The summed E-state index contributed by atoms with van der Waals surface area (Å²) in [5.41, 5.74) is 5.25. The van der Waals surface area contributed by atoms with Gasteiger partial charge in [-0.25, -0.2) is 0 Å². The molecular weight excluding hydrogens is 315 g/mol. The third kappa shape index (κ3) is 3.76. The van der Waals surface area contributed by atoms with Crippen LogP contribution in [0.15, 0.2) is 36.5 Å². The van der Waals surface area contributed by atoms with E-state index >= 15 is 0 Å². The van der Waals surface area contributed by atoms with E-state index in [9.17, 15) is 0 Å². The van der Waals surface area contributed by atoms with Gasteiger partial charge in [-0.05, 0) is 0 Å². The molecule has 0 radical (unpaired) electrons. The molecule has 1 aromatic heterocycles. The number of pyridine rings is 1. The van der Waals surface area contributed by atoms with E-state index in [0.29, 0.717) is 0 Å². The summed E-state index contributed by atoms with van der Waals surface area (Å²) in [5, 5.41) is 0. The van der Waals surface area contributed by atoms with E-state index in [0.717, 1.165) is 5.69 Å². The zero-order chi connectivity index (χ0) is 15.8. The quantitative estimate of drug-likeness (QED) is 0.708. The summed E-state index contributed by atoms with van der Waals surface area (Å²) in [5.74, 6) is 7.26. The van der Waals surface area contributed by atoms with Crippen LogP contribution in [0.1, 0.15) is 31.9 Å². The van der Waals surface area contributed by atoms with E-state index in [4.69, 9.17) is 4.98 Å². The normalized spacial score (nSPS) is 12.5. The second kappa shape index (κ2) is 5.60. The van der Waals surface area contributed by atoms with Gasteiger partial charge in [-0.1, -0.05) is 0 Å². The number of hydrogen-bond donors (Lipinski definition) is 0. The van der Waals surface area contributed by atoms with Crippen LogP contribution in [0.5, 0.6) is 0 Å². The molecule has 0 aliphatic rings. The second-order valence-electron chi connectivity index (χ2n) is 7.96. The summed E-state index contributed by atoms with van der Waals surface area (Å²) in [6, 6.07) is 11.1. The molecule has 0 saturated heterocycles. The summed E-state index contributed by atoms with van der Waals surface area (Å²) in [4.78, 5) is 4.71. The Morgan fingerprint density at radius 3 is 1.95 bits per heavy atom. The molecule has 1 heterocycles. The molecule has 0 N–H and O–H groups in total. The molecule has 0 aliphatic carbocycles. The molecule has 21 heavy (non-hydrogen) atoms. The van der Waals surface area contributed by atoms with E-state index < -0.39 is 13.3 Å². The molecule has 0 spiro atoms. The van der Waals surface area contributed by atoms with E-state index in [2.05, 4.69) is 81.5 Å². The molecule has 0 fully saturated rings. The molecule has 0 saturated carbocycles. The molecular formula is C19H27GeN. The molecule has 0 atom stereocenters. The molecule has 1 aromatic carbocycles. The SMILES string of the molecule is Cc1cc(-c2ccc(C(C)(C)C)cc2)nc[c]1[Ge]([CH3])([CH3])[CH3]. The average molecular weight is 342 g/mol. The Hall–Kier alpha value is -1.09. The fourth-order valence-electron chi connectivity index (χ4n) is 2.64. The van der Waals surface area contributed by atoms with Gasteiger partial charge in [0.1, 0.15) is 0 Å². The van der Waals surface area contributed by atoms with Crippen molar-refractivity contribution in [2.24, 2.45) is 0 Å². The summed E-state index contributed by atoms with van der Waals surface area (Å²) < 4.78 is 1.50. The molecule has 2 rings (SSSR count). The molecule has 2 aromatic rings. The molecule has 112 valence electrons. The Bertz CT molecular complexity index is 628. The summed E-state index contributed by atoms with van der Waals surface area (Å²) in [6.07, 6.45) is 2.11. The second-order valence-corrected chi connectivity index (χ2v) is 18.5. The van der Waals surface area contributed by atoms with Crippen LogP contribution in [0, 0.1) is 6.92 Å². The van der Waals surface area contributed by atoms with Gasteiger partial charge in [0.2, 0.25) is 0 Å². The molecule has 0 unspecified atom stereocenters. The van der Waals surface area contributed by atoms with Gasteiger partial charge in [0, 0.05) is 0 Å². The first-order valence-corrected chi connectivity index (χ1v) is 15.0. The van der Waals surface area contributed by atoms with Crippen molar-refractivity contribution in [3.8, 4) is 11.3 Å². The third-order valence-corrected chi connectivity index (χ3v) is 8.45. The predicted octanol–water partition coefficient (Wildman–Crippen LogP) is 4.90. The van der Waals surface area contributed by atoms with Gasteiger partial charge in [-0.3, -0.25) is 0 Å². The number of benzene rings is 1. The number of nitrogens with zero attached hydrogens (tertiary/aromatic N) is 1. The Labute approximate surface area is 132 Å². The van der Waals surface area contributed by atoms with Crippen LogP contribution in [0.4, 0.5) is 0 Å². The Morgan fingerprint density at radius 1 is 0.952 bits per heavy atom. The zero-order valence-corrected chi connectivity index (χ0v) is 16.5. The van der Waals surface area contributed by atoms with Gasteiger partial charge >= 0.3 is 132 Å². The van der Waals surface area contributed by atoms with Crippen molar-refractivity contribution in [1.82, 2.24) is 4.98 Å². The number of aromatic nitrogens is 1. The van der Waals surface area contributed by atoms with Crippen molar-refractivity contribution in [3.05, 3.63) is 47.7 Å². The topological polar surface area (TPSA) is 12.9 Å². The molecule has 0 bridgehead atoms. The summed E-state index contributed by atoms with van der Waals surface area (Å²) >= 11 is -1.80. The number of aryl methyl sites for hydroxylation is 1. The van der Waals surface area contributed by atoms with Gasteiger partial charge in [-0.15, -0.1) is 0 Å². The Morgan fingerprint density at radius 2 is 1.52 bits per heavy atom. The first-order valence-electron chi connectivity index (χ1n) is 7.67. The van der Waals surface area contributed by atoms with E-state index in [1.807, 2.05) is 0 Å². The van der Waals surface area contributed by atoms with Crippen molar-refractivity contribution in [1.29, 1.82) is 0 Å². The van der Waals surface area contributed by atoms with Crippen molar-refractivity contribution in [2.45, 2.75) is 50.4 Å². The van der Waals surface area contributed by atoms with E-state index in [1.165, 1.54) is 21.1 Å². The summed E-state index contributed by atoms with van der Waals surface area (Å²) in [6.45, 7) is 8.96. The maximum atomic E-state index is 4.71. The van der Waals surface area contributed by atoms with Gasteiger partial charge in [0.05, 0.1) is 0 Å². The molecule has 2 heteroatoms. The molecule has 0 aliphatic heterocycles. The van der Waals surface area contributed by atoms with E-state index in [1.54, 1.807) is 0 Å². The van der Waals surface area contributed by atoms with Gasteiger partial charge < -0.3 is 0 Å². The first kappa shape index (κ1) is 16.3. The average Bonchev–Trinajstić information content (AvgIpc) is 2.36. The fraction of sp³-hybridized carbons (Fsp3) is 0.421. The zero-order valence-electron chi connectivity index (χ0n) is 14.4. The van der Waals surface area contributed by atoms with Crippen LogP contribution < -0.4 is 4.40 Å². The predicted molar refractivity (Wildman–Crippen MR) is 96.1 cm³/mol. The van der Waals surface area contributed by atoms with Crippen LogP contribution in [-0.4, -0.2) is 18.3 Å².